The Labute approximate surface area is 146 Å². The van der Waals surface area contributed by atoms with E-state index in [0.29, 0.717) is 37.0 Å². The highest BCUT2D eigenvalue weighted by molar-refractivity contribution is 6.44. The second-order valence-corrected chi connectivity index (χ2v) is 5.82. The Morgan fingerprint density at radius 1 is 0.923 bits per heavy atom. The number of rotatable bonds is 4. The van der Waals surface area contributed by atoms with Gasteiger partial charge < -0.3 is 4.90 Å². The molecule has 2 fully saturated rings. The topological polar surface area (TPSA) is 90.0 Å². The summed E-state index contributed by atoms with van der Waals surface area (Å²) in [6.07, 6.45) is -1.54. The lowest BCUT2D eigenvalue weighted by Gasteiger charge is -2.35. The van der Waals surface area contributed by atoms with Crippen molar-refractivity contribution in [2.24, 2.45) is 0 Å². The molecule has 0 bridgehead atoms. The zero-order valence-corrected chi connectivity index (χ0v) is 13.5. The summed E-state index contributed by atoms with van der Waals surface area (Å²) in [4.78, 5) is 47.9. The second-order valence-electron chi connectivity index (χ2n) is 5.82. The van der Waals surface area contributed by atoms with E-state index in [2.05, 4.69) is 9.97 Å². The predicted octanol–water partition coefficient (Wildman–Crippen LogP) is -0.0908. The number of aromatic nitrogens is 2. The summed E-state index contributed by atoms with van der Waals surface area (Å²) in [5.74, 6) is -2.15. The first-order valence-electron chi connectivity index (χ1n) is 7.74. The van der Waals surface area contributed by atoms with Crippen molar-refractivity contribution in [3.63, 3.8) is 0 Å². The van der Waals surface area contributed by atoms with Crippen LogP contribution in [0.1, 0.15) is 0 Å². The summed E-state index contributed by atoms with van der Waals surface area (Å²) >= 11 is 0. The predicted molar refractivity (Wildman–Crippen MR) is 80.7 cm³/mol. The molecule has 0 saturated carbocycles. The third-order valence-corrected chi connectivity index (χ3v) is 4.02. The third kappa shape index (κ3) is 3.74. The van der Waals surface area contributed by atoms with Crippen LogP contribution in [0, 0.1) is 0 Å². The van der Waals surface area contributed by atoms with Crippen LogP contribution in [0.15, 0.2) is 18.5 Å². The van der Waals surface area contributed by atoms with Crippen LogP contribution in [0.25, 0.3) is 0 Å². The third-order valence-electron chi connectivity index (χ3n) is 4.02. The minimum absolute atomic E-state index is 0.0730. The number of carbonyl (C=O) groups is 3. The van der Waals surface area contributed by atoms with E-state index in [-0.39, 0.29) is 11.6 Å². The van der Waals surface area contributed by atoms with E-state index < -0.39 is 30.6 Å². The Morgan fingerprint density at radius 2 is 1.50 bits per heavy atom. The average molecular weight is 372 g/mol. The molecule has 1 aromatic heterocycles. The van der Waals surface area contributed by atoms with Gasteiger partial charge in [0, 0.05) is 38.6 Å². The Hall–Kier alpha value is -2.76. The number of urea groups is 1. The number of alkyl halides is 3. The van der Waals surface area contributed by atoms with Crippen LogP contribution < -0.4 is 4.90 Å². The molecule has 0 aliphatic carbocycles. The van der Waals surface area contributed by atoms with Crippen LogP contribution in [0.4, 0.5) is 23.9 Å². The number of hydrogen-bond acceptors (Lipinski definition) is 7. The van der Waals surface area contributed by atoms with Crippen molar-refractivity contribution < 1.29 is 27.6 Å². The van der Waals surface area contributed by atoms with Crippen molar-refractivity contribution in [2.75, 3.05) is 44.3 Å². The van der Waals surface area contributed by atoms with Gasteiger partial charge in [0.1, 0.15) is 6.54 Å². The number of carbonyl (C=O) groups excluding carboxylic acids is 3. The van der Waals surface area contributed by atoms with Crippen molar-refractivity contribution in [1.29, 1.82) is 0 Å². The molecular formula is C14H15F3N6O3. The minimum Gasteiger partial charge on any atom is -0.338 e. The second kappa shape index (κ2) is 6.86. The molecule has 26 heavy (non-hydrogen) atoms. The van der Waals surface area contributed by atoms with E-state index in [9.17, 15) is 27.6 Å². The SMILES string of the molecule is O=C1C(=O)N(CC(F)(F)F)C(=O)N1CN1CCN(c2ncccn2)CC1. The standard InChI is InChI=1S/C14H15F3N6O3/c15-14(16,17)8-22-10(24)11(25)23(13(22)26)9-20-4-6-21(7-5-20)12-18-2-1-3-19-12/h1-3H,4-9H2. The van der Waals surface area contributed by atoms with Crippen LogP contribution in [-0.4, -0.2) is 88.1 Å². The number of nitrogens with zero attached hydrogens (tertiary/aromatic N) is 6. The van der Waals surface area contributed by atoms with E-state index >= 15 is 0 Å². The van der Waals surface area contributed by atoms with Crippen LogP contribution in [0.5, 0.6) is 0 Å². The minimum atomic E-state index is -4.76. The molecule has 0 unspecified atom stereocenters. The van der Waals surface area contributed by atoms with Crippen LogP contribution >= 0.6 is 0 Å². The Balaban J connectivity index is 1.59. The molecule has 140 valence electrons. The monoisotopic (exact) mass is 372 g/mol. The summed E-state index contributed by atoms with van der Waals surface area (Å²) in [5, 5.41) is 0. The van der Waals surface area contributed by atoms with E-state index in [1.165, 1.54) is 0 Å². The highest BCUT2D eigenvalue weighted by Crippen LogP contribution is 2.22. The van der Waals surface area contributed by atoms with Gasteiger partial charge in [-0.15, -0.1) is 0 Å². The zero-order valence-electron chi connectivity index (χ0n) is 13.5. The summed E-state index contributed by atoms with van der Waals surface area (Å²) in [6, 6.07) is 0.444. The quantitative estimate of drug-likeness (QED) is 0.539. The number of piperazine rings is 1. The number of halogens is 3. The number of anilines is 1. The van der Waals surface area contributed by atoms with Crippen LogP contribution in [-0.2, 0) is 9.59 Å². The molecule has 2 aliphatic heterocycles. The molecule has 2 aliphatic rings. The van der Waals surface area contributed by atoms with Gasteiger partial charge in [0.05, 0.1) is 6.67 Å². The van der Waals surface area contributed by atoms with Crippen molar-refractivity contribution >= 4 is 23.8 Å². The van der Waals surface area contributed by atoms with Crippen LogP contribution in [0.3, 0.4) is 0 Å². The van der Waals surface area contributed by atoms with E-state index in [0.717, 1.165) is 0 Å². The van der Waals surface area contributed by atoms with Gasteiger partial charge in [-0.3, -0.25) is 14.5 Å². The molecule has 0 radical (unpaired) electrons. The summed E-state index contributed by atoms with van der Waals surface area (Å²) in [5.41, 5.74) is 0. The van der Waals surface area contributed by atoms with Gasteiger partial charge >= 0.3 is 24.0 Å². The molecule has 12 heteroatoms. The lowest BCUT2D eigenvalue weighted by molar-refractivity contribution is -0.156. The first-order valence-corrected chi connectivity index (χ1v) is 7.74. The summed E-state index contributed by atoms with van der Waals surface area (Å²) in [6.45, 7) is -0.111. The molecular weight excluding hydrogens is 357 g/mol. The largest absolute Gasteiger partial charge is 0.406 e. The first-order chi connectivity index (χ1) is 12.3. The highest BCUT2D eigenvalue weighted by atomic mass is 19.4. The Morgan fingerprint density at radius 3 is 2.08 bits per heavy atom. The van der Waals surface area contributed by atoms with Gasteiger partial charge in [-0.1, -0.05) is 0 Å². The fourth-order valence-electron chi connectivity index (χ4n) is 2.74. The van der Waals surface area contributed by atoms with Gasteiger partial charge in [-0.05, 0) is 6.07 Å². The average Bonchev–Trinajstić information content (AvgIpc) is 2.80. The normalized spacial score (nSPS) is 19.7. The molecule has 4 amide bonds. The molecule has 0 N–H and O–H groups in total. The van der Waals surface area contributed by atoms with Crippen molar-refractivity contribution in [3.05, 3.63) is 18.5 Å². The van der Waals surface area contributed by atoms with Crippen molar-refractivity contribution in [3.8, 4) is 0 Å². The van der Waals surface area contributed by atoms with Crippen LogP contribution in [0.2, 0.25) is 0 Å². The first kappa shape index (κ1) is 18.0. The van der Waals surface area contributed by atoms with Gasteiger partial charge in [-0.25, -0.2) is 24.6 Å². The zero-order chi connectivity index (χ0) is 18.9. The molecule has 0 spiro atoms. The van der Waals surface area contributed by atoms with Crippen molar-refractivity contribution in [2.45, 2.75) is 6.18 Å². The molecule has 1 aromatic rings. The Bertz CT molecular complexity index is 706. The molecule has 0 aromatic carbocycles. The maximum absolute atomic E-state index is 12.5. The number of hydrogen-bond donors (Lipinski definition) is 0. The Kier molecular flexibility index (Phi) is 4.76. The number of amides is 4. The fraction of sp³-hybridized carbons (Fsp3) is 0.500. The van der Waals surface area contributed by atoms with E-state index in [1.807, 2.05) is 4.90 Å². The highest BCUT2D eigenvalue weighted by Gasteiger charge is 2.49. The lowest BCUT2D eigenvalue weighted by Crippen LogP contribution is -2.52. The lowest BCUT2D eigenvalue weighted by atomic mass is 10.3. The molecule has 0 atom stereocenters. The summed E-state index contributed by atoms with van der Waals surface area (Å²) < 4.78 is 37.4. The van der Waals surface area contributed by atoms with E-state index in [4.69, 9.17) is 0 Å². The molecule has 3 heterocycles. The maximum Gasteiger partial charge on any atom is 0.406 e. The van der Waals surface area contributed by atoms with Gasteiger partial charge in [0.2, 0.25) is 5.95 Å². The maximum atomic E-state index is 12.5. The summed E-state index contributed by atoms with van der Waals surface area (Å²) in [7, 11) is 0. The number of imide groups is 2. The van der Waals surface area contributed by atoms with Gasteiger partial charge in [0.15, 0.2) is 0 Å². The fourth-order valence-corrected chi connectivity index (χ4v) is 2.74. The smallest absolute Gasteiger partial charge is 0.338 e. The van der Waals surface area contributed by atoms with E-state index in [1.54, 1.807) is 23.4 Å². The molecule has 3 rings (SSSR count). The van der Waals surface area contributed by atoms with Crippen molar-refractivity contribution in [1.82, 2.24) is 24.7 Å². The molecule has 9 nitrogen and oxygen atoms in total. The van der Waals surface area contributed by atoms with Gasteiger partial charge in [0.25, 0.3) is 0 Å². The van der Waals surface area contributed by atoms with Gasteiger partial charge in [-0.2, -0.15) is 13.2 Å². The molecule has 2 saturated heterocycles.